The van der Waals surface area contributed by atoms with Gasteiger partial charge in [-0.2, -0.15) is 0 Å². The number of hydrogen-bond acceptors (Lipinski definition) is 2. The number of benzene rings is 1. The maximum atomic E-state index is 11.9. The molecule has 1 atom stereocenters. The Morgan fingerprint density at radius 3 is 2.62 bits per heavy atom. The van der Waals surface area contributed by atoms with Crippen LogP contribution in [-0.4, -0.2) is 20.3 Å². The molecular formula is C10H13BrClNO2S. The van der Waals surface area contributed by atoms with Crippen molar-refractivity contribution in [1.82, 2.24) is 4.72 Å². The van der Waals surface area contributed by atoms with Crippen molar-refractivity contribution in [2.45, 2.75) is 11.8 Å². The van der Waals surface area contributed by atoms with E-state index in [0.29, 0.717) is 6.54 Å². The molecule has 0 saturated carbocycles. The molecule has 1 aromatic carbocycles. The molecule has 0 saturated heterocycles. The van der Waals surface area contributed by atoms with Gasteiger partial charge in [0.2, 0.25) is 10.0 Å². The third-order valence-corrected chi connectivity index (χ3v) is 5.04. The van der Waals surface area contributed by atoms with Gasteiger partial charge in [-0.3, -0.25) is 0 Å². The minimum absolute atomic E-state index is 0.124. The van der Waals surface area contributed by atoms with Crippen molar-refractivity contribution < 1.29 is 8.42 Å². The van der Waals surface area contributed by atoms with Gasteiger partial charge in [0.25, 0.3) is 0 Å². The normalized spacial score (nSPS) is 13.7. The molecule has 1 rings (SSSR count). The molecule has 6 heteroatoms. The molecule has 1 N–H and O–H groups in total. The summed E-state index contributed by atoms with van der Waals surface area (Å²) >= 11 is 9.12. The predicted octanol–water partition coefficient (Wildman–Crippen LogP) is 2.65. The highest BCUT2D eigenvalue weighted by atomic mass is 79.9. The predicted molar refractivity (Wildman–Crippen MR) is 69.6 cm³/mol. The zero-order valence-electron chi connectivity index (χ0n) is 8.78. The molecule has 90 valence electrons. The van der Waals surface area contributed by atoms with Crippen molar-refractivity contribution in [2.24, 2.45) is 5.92 Å². The Morgan fingerprint density at radius 1 is 1.44 bits per heavy atom. The third-order valence-electron chi connectivity index (χ3n) is 2.01. The lowest BCUT2D eigenvalue weighted by molar-refractivity contribution is 0.563. The van der Waals surface area contributed by atoms with E-state index >= 15 is 0 Å². The molecule has 1 aromatic rings. The molecule has 0 amide bonds. The quantitative estimate of drug-likeness (QED) is 0.846. The first kappa shape index (κ1) is 14.0. The van der Waals surface area contributed by atoms with Crippen LogP contribution in [0, 0.1) is 5.92 Å². The first-order valence-corrected chi connectivity index (χ1v) is 7.76. The van der Waals surface area contributed by atoms with Crippen LogP contribution < -0.4 is 4.72 Å². The van der Waals surface area contributed by atoms with Gasteiger partial charge in [0.15, 0.2) is 0 Å². The summed E-state index contributed by atoms with van der Waals surface area (Å²) in [5.74, 6) is 0.234. The second kappa shape index (κ2) is 6.00. The number of alkyl halides is 1. The number of hydrogen-bond donors (Lipinski definition) is 1. The van der Waals surface area contributed by atoms with Crippen LogP contribution in [0.15, 0.2) is 29.2 Å². The Hall–Kier alpha value is -0.100. The zero-order chi connectivity index (χ0) is 12.2. The highest BCUT2D eigenvalue weighted by Gasteiger charge is 2.17. The van der Waals surface area contributed by atoms with E-state index in [1.54, 1.807) is 18.2 Å². The van der Waals surface area contributed by atoms with E-state index in [4.69, 9.17) is 11.6 Å². The maximum absolute atomic E-state index is 11.9. The Labute approximate surface area is 109 Å². The second-order valence-electron chi connectivity index (χ2n) is 3.54. The van der Waals surface area contributed by atoms with E-state index in [9.17, 15) is 8.42 Å². The van der Waals surface area contributed by atoms with Crippen molar-refractivity contribution in [3.8, 4) is 0 Å². The van der Waals surface area contributed by atoms with E-state index in [1.165, 1.54) is 6.07 Å². The summed E-state index contributed by atoms with van der Waals surface area (Å²) in [4.78, 5) is 0.124. The van der Waals surface area contributed by atoms with Crippen LogP contribution in [0.1, 0.15) is 6.92 Å². The summed E-state index contributed by atoms with van der Waals surface area (Å²) in [7, 11) is -3.50. The van der Waals surface area contributed by atoms with Gasteiger partial charge in [0, 0.05) is 11.9 Å². The minimum Gasteiger partial charge on any atom is -0.211 e. The highest BCUT2D eigenvalue weighted by molar-refractivity contribution is 9.09. The molecule has 16 heavy (non-hydrogen) atoms. The average molecular weight is 327 g/mol. The van der Waals surface area contributed by atoms with Crippen LogP contribution in [0.5, 0.6) is 0 Å². The first-order valence-electron chi connectivity index (χ1n) is 4.77. The lowest BCUT2D eigenvalue weighted by Crippen LogP contribution is -2.29. The van der Waals surface area contributed by atoms with Gasteiger partial charge in [-0.25, -0.2) is 13.1 Å². The Kier molecular flexibility index (Phi) is 5.24. The Morgan fingerprint density at radius 2 is 2.06 bits per heavy atom. The van der Waals surface area contributed by atoms with Crippen molar-refractivity contribution in [3.05, 3.63) is 29.3 Å². The number of halogens is 2. The van der Waals surface area contributed by atoms with E-state index in [1.807, 2.05) is 6.92 Å². The largest absolute Gasteiger partial charge is 0.242 e. The van der Waals surface area contributed by atoms with E-state index in [-0.39, 0.29) is 15.8 Å². The monoisotopic (exact) mass is 325 g/mol. The van der Waals surface area contributed by atoms with Gasteiger partial charge in [-0.05, 0) is 18.1 Å². The minimum atomic E-state index is -3.50. The molecule has 1 unspecified atom stereocenters. The summed E-state index contributed by atoms with van der Waals surface area (Å²) in [5, 5.41) is 0.986. The molecule has 0 aromatic heterocycles. The van der Waals surface area contributed by atoms with Crippen LogP contribution in [0.2, 0.25) is 5.02 Å². The van der Waals surface area contributed by atoms with Crippen LogP contribution in [-0.2, 0) is 10.0 Å². The summed E-state index contributed by atoms with van der Waals surface area (Å²) in [6, 6.07) is 6.39. The fourth-order valence-corrected chi connectivity index (χ4v) is 2.96. The van der Waals surface area contributed by atoms with E-state index in [2.05, 4.69) is 20.7 Å². The Bertz CT molecular complexity index is 450. The molecule has 0 aliphatic carbocycles. The lowest BCUT2D eigenvalue weighted by atomic mass is 10.2. The molecule has 0 bridgehead atoms. The summed E-state index contributed by atoms with van der Waals surface area (Å²) in [5.41, 5.74) is 0. The van der Waals surface area contributed by atoms with E-state index in [0.717, 1.165) is 5.33 Å². The molecule has 0 heterocycles. The van der Waals surface area contributed by atoms with Gasteiger partial charge in [0.1, 0.15) is 4.90 Å². The van der Waals surface area contributed by atoms with Crippen molar-refractivity contribution in [3.63, 3.8) is 0 Å². The molecular weight excluding hydrogens is 314 g/mol. The van der Waals surface area contributed by atoms with Gasteiger partial charge < -0.3 is 0 Å². The lowest BCUT2D eigenvalue weighted by Gasteiger charge is -2.11. The molecule has 0 fully saturated rings. The first-order chi connectivity index (χ1) is 7.47. The fourth-order valence-electron chi connectivity index (χ4n) is 1.05. The topological polar surface area (TPSA) is 46.2 Å². The van der Waals surface area contributed by atoms with Crippen molar-refractivity contribution in [2.75, 3.05) is 11.9 Å². The molecule has 0 radical (unpaired) electrons. The standard InChI is InChI=1S/C10H13BrClNO2S/c1-8(6-11)7-13-16(14,15)10-5-3-2-4-9(10)12/h2-5,8,13H,6-7H2,1H3. The van der Waals surface area contributed by atoms with Crippen LogP contribution in [0.4, 0.5) is 0 Å². The number of nitrogens with one attached hydrogen (secondary N) is 1. The molecule has 3 nitrogen and oxygen atoms in total. The van der Waals surface area contributed by atoms with E-state index < -0.39 is 10.0 Å². The number of sulfonamides is 1. The third kappa shape index (κ3) is 3.73. The SMILES string of the molecule is CC(CBr)CNS(=O)(=O)c1ccccc1Cl. The van der Waals surface area contributed by atoms with Crippen LogP contribution >= 0.6 is 27.5 Å². The highest BCUT2D eigenvalue weighted by Crippen LogP contribution is 2.20. The van der Waals surface area contributed by atoms with Gasteiger partial charge in [0.05, 0.1) is 5.02 Å². The van der Waals surface area contributed by atoms with Gasteiger partial charge >= 0.3 is 0 Å². The van der Waals surface area contributed by atoms with Crippen LogP contribution in [0.25, 0.3) is 0 Å². The van der Waals surface area contributed by atoms with Crippen molar-refractivity contribution in [1.29, 1.82) is 0 Å². The second-order valence-corrected chi connectivity index (χ2v) is 6.33. The molecule has 0 aliphatic rings. The van der Waals surface area contributed by atoms with Gasteiger partial charge in [-0.1, -0.05) is 46.6 Å². The van der Waals surface area contributed by atoms with Crippen molar-refractivity contribution >= 4 is 37.6 Å². The van der Waals surface area contributed by atoms with Gasteiger partial charge in [-0.15, -0.1) is 0 Å². The fraction of sp³-hybridized carbons (Fsp3) is 0.400. The maximum Gasteiger partial charge on any atom is 0.242 e. The number of rotatable bonds is 5. The summed E-state index contributed by atoms with van der Waals surface area (Å²) in [6.45, 7) is 2.34. The smallest absolute Gasteiger partial charge is 0.211 e. The summed E-state index contributed by atoms with van der Waals surface area (Å²) in [6.07, 6.45) is 0. The Balaban J connectivity index is 2.83. The summed E-state index contributed by atoms with van der Waals surface area (Å²) < 4.78 is 26.2. The molecule has 0 aliphatic heterocycles. The molecule has 0 spiro atoms. The van der Waals surface area contributed by atoms with Crippen LogP contribution in [0.3, 0.4) is 0 Å². The zero-order valence-corrected chi connectivity index (χ0v) is 11.9. The average Bonchev–Trinajstić information content (AvgIpc) is 2.26.